The van der Waals surface area contributed by atoms with E-state index < -0.39 is 0 Å². The summed E-state index contributed by atoms with van der Waals surface area (Å²) in [5, 5.41) is 0. The Labute approximate surface area is 88.6 Å². The van der Waals surface area contributed by atoms with Gasteiger partial charge in [0, 0.05) is 18.4 Å². The minimum Gasteiger partial charge on any atom is -0.465 e. The molecule has 0 spiro atoms. The highest BCUT2D eigenvalue weighted by molar-refractivity contribution is 8.76. The number of ether oxygens (including phenoxy) is 1. The number of hydrogen-bond donors (Lipinski definition) is 0. The van der Waals surface area contributed by atoms with Crippen LogP contribution in [0.5, 0.6) is 0 Å². The molecular weight excluding hydrogens is 204 g/mol. The molecule has 0 bridgehead atoms. The zero-order chi connectivity index (χ0) is 10.1. The van der Waals surface area contributed by atoms with Gasteiger partial charge in [0.15, 0.2) is 0 Å². The van der Waals surface area contributed by atoms with Gasteiger partial charge in [0.2, 0.25) is 0 Å². The minimum atomic E-state index is -0.187. The van der Waals surface area contributed by atoms with E-state index in [4.69, 9.17) is 4.74 Å². The third-order valence-electron chi connectivity index (χ3n) is 1.33. The summed E-state index contributed by atoms with van der Waals surface area (Å²) in [5.41, 5.74) is 0. The molecule has 0 atom stereocenters. The Bertz CT molecular complexity index is 138. The molecule has 0 saturated heterocycles. The van der Waals surface area contributed by atoms with Crippen molar-refractivity contribution in [1.29, 1.82) is 0 Å². The van der Waals surface area contributed by atoms with Crippen molar-refractivity contribution < 1.29 is 9.53 Å². The molecule has 0 aromatic carbocycles. The Morgan fingerprint density at radius 2 is 1.92 bits per heavy atom. The molecule has 0 aliphatic carbocycles. The normalized spacial score (nSPS) is 10.5. The van der Waals surface area contributed by atoms with Crippen molar-refractivity contribution in [3.8, 4) is 0 Å². The Kier molecular flexibility index (Phi) is 8.87. The van der Waals surface area contributed by atoms with Crippen LogP contribution in [0.25, 0.3) is 0 Å². The van der Waals surface area contributed by atoms with Gasteiger partial charge in [-0.2, -0.15) is 0 Å². The van der Waals surface area contributed by atoms with Crippen LogP contribution < -0.4 is 0 Å². The summed E-state index contributed by atoms with van der Waals surface area (Å²) in [5.74, 6) is 2.67. The SMILES string of the molecule is CC(=O)OCCSSCCC(C)C. The molecule has 0 fully saturated rings. The molecule has 0 N–H and O–H groups in total. The van der Waals surface area contributed by atoms with E-state index in [1.54, 1.807) is 10.8 Å². The van der Waals surface area contributed by atoms with Crippen molar-refractivity contribution in [2.75, 3.05) is 18.1 Å². The van der Waals surface area contributed by atoms with E-state index >= 15 is 0 Å². The third-order valence-corrected chi connectivity index (χ3v) is 3.74. The Hall–Kier alpha value is 0.170. The van der Waals surface area contributed by atoms with E-state index in [0.717, 1.165) is 11.7 Å². The van der Waals surface area contributed by atoms with Gasteiger partial charge in [0.1, 0.15) is 6.61 Å². The zero-order valence-electron chi connectivity index (χ0n) is 8.54. The van der Waals surface area contributed by atoms with Crippen molar-refractivity contribution in [3.63, 3.8) is 0 Å². The monoisotopic (exact) mass is 222 g/mol. The van der Waals surface area contributed by atoms with Gasteiger partial charge in [0.25, 0.3) is 0 Å². The number of carbonyl (C=O) groups is 1. The molecule has 0 heterocycles. The summed E-state index contributed by atoms with van der Waals surface area (Å²) in [6.07, 6.45) is 1.26. The summed E-state index contributed by atoms with van der Waals surface area (Å²) in [7, 11) is 3.64. The molecule has 4 heteroatoms. The fourth-order valence-electron chi connectivity index (χ4n) is 0.621. The van der Waals surface area contributed by atoms with Crippen LogP contribution in [-0.2, 0) is 9.53 Å². The molecule has 0 aliphatic heterocycles. The van der Waals surface area contributed by atoms with Crippen LogP contribution in [0.3, 0.4) is 0 Å². The van der Waals surface area contributed by atoms with Crippen LogP contribution in [-0.4, -0.2) is 24.1 Å². The summed E-state index contributed by atoms with van der Waals surface area (Å²) in [6.45, 7) is 6.43. The lowest BCUT2D eigenvalue weighted by molar-refractivity contribution is -0.140. The molecule has 0 amide bonds. The van der Waals surface area contributed by atoms with Gasteiger partial charge in [-0.05, 0) is 12.3 Å². The highest BCUT2D eigenvalue weighted by atomic mass is 33.1. The standard InChI is InChI=1S/C9H18O2S2/c1-8(2)4-6-12-13-7-5-11-9(3)10/h8H,4-7H2,1-3H3. The molecule has 0 radical (unpaired) electrons. The first-order chi connectivity index (χ1) is 6.13. The number of hydrogen-bond acceptors (Lipinski definition) is 4. The zero-order valence-corrected chi connectivity index (χ0v) is 10.2. The average Bonchev–Trinajstić information content (AvgIpc) is 2.01. The molecule has 0 aliphatic rings. The van der Waals surface area contributed by atoms with E-state index in [1.165, 1.54) is 19.1 Å². The highest BCUT2D eigenvalue weighted by Crippen LogP contribution is 2.22. The lowest BCUT2D eigenvalue weighted by Crippen LogP contribution is -2.01. The van der Waals surface area contributed by atoms with E-state index in [2.05, 4.69) is 13.8 Å². The highest BCUT2D eigenvalue weighted by Gasteiger charge is 1.96. The molecule has 0 aromatic heterocycles. The van der Waals surface area contributed by atoms with Crippen molar-refractivity contribution in [2.24, 2.45) is 5.92 Å². The van der Waals surface area contributed by atoms with Gasteiger partial charge in [-0.1, -0.05) is 35.4 Å². The fourth-order valence-corrected chi connectivity index (χ4v) is 2.78. The molecule has 0 saturated carbocycles. The summed E-state index contributed by atoms with van der Waals surface area (Å²) < 4.78 is 4.80. The smallest absolute Gasteiger partial charge is 0.302 e. The number of carbonyl (C=O) groups excluding carboxylic acids is 1. The van der Waals surface area contributed by atoms with Crippen LogP contribution in [0.15, 0.2) is 0 Å². The van der Waals surface area contributed by atoms with Crippen LogP contribution in [0.4, 0.5) is 0 Å². The first-order valence-corrected chi connectivity index (χ1v) is 6.99. The van der Waals surface area contributed by atoms with Crippen molar-refractivity contribution in [3.05, 3.63) is 0 Å². The largest absolute Gasteiger partial charge is 0.465 e. The lowest BCUT2D eigenvalue weighted by Gasteiger charge is -2.03. The van der Waals surface area contributed by atoms with E-state index in [9.17, 15) is 4.79 Å². The Morgan fingerprint density at radius 1 is 1.31 bits per heavy atom. The van der Waals surface area contributed by atoms with Gasteiger partial charge in [-0.3, -0.25) is 4.79 Å². The second-order valence-electron chi connectivity index (χ2n) is 3.17. The topological polar surface area (TPSA) is 26.3 Å². The molecule has 0 rings (SSSR count). The molecular formula is C9H18O2S2. The molecule has 0 aromatic rings. The van der Waals surface area contributed by atoms with Gasteiger partial charge in [-0.15, -0.1) is 0 Å². The molecule has 13 heavy (non-hydrogen) atoms. The Balaban J connectivity index is 2.96. The fraction of sp³-hybridized carbons (Fsp3) is 0.889. The molecule has 0 unspecified atom stereocenters. The van der Waals surface area contributed by atoms with Crippen molar-refractivity contribution in [2.45, 2.75) is 27.2 Å². The van der Waals surface area contributed by atoms with Gasteiger partial charge in [-0.25, -0.2) is 0 Å². The average molecular weight is 222 g/mol. The second kappa shape index (κ2) is 8.75. The van der Waals surface area contributed by atoms with E-state index in [0.29, 0.717) is 6.61 Å². The summed E-state index contributed by atoms with van der Waals surface area (Å²) in [4.78, 5) is 10.4. The van der Waals surface area contributed by atoms with Crippen molar-refractivity contribution in [1.82, 2.24) is 0 Å². The predicted octanol–water partition coefficient (Wildman–Crippen LogP) is 2.98. The summed E-state index contributed by atoms with van der Waals surface area (Å²) >= 11 is 0. The number of esters is 1. The van der Waals surface area contributed by atoms with Crippen LogP contribution >= 0.6 is 21.6 Å². The van der Waals surface area contributed by atoms with Gasteiger partial charge in [0.05, 0.1) is 0 Å². The summed E-state index contributed by atoms with van der Waals surface area (Å²) in [6, 6.07) is 0. The maximum absolute atomic E-state index is 10.4. The first kappa shape index (κ1) is 13.2. The van der Waals surface area contributed by atoms with Gasteiger partial charge >= 0.3 is 5.97 Å². The van der Waals surface area contributed by atoms with Crippen LogP contribution in [0.1, 0.15) is 27.2 Å². The number of rotatable bonds is 7. The first-order valence-electron chi connectivity index (χ1n) is 4.50. The van der Waals surface area contributed by atoms with Crippen LogP contribution in [0, 0.1) is 5.92 Å². The van der Waals surface area contributed by atoms with Crippen LogP contribution in [0.2, 0.25) is 0 Å². The Morgan fingerprint density at radius 3 is 2.46 bits per heavy atom. The predicted molar refractivity (Wildman–Crippen MR) is 61.0 cm³/mol. The quantitative estimate of drug-likeness (QED) is 0.376. The molecule has 2 nitrogen and oxygen atoms in total. The maximum atomic E-state index is 10.4. The van der Waals surface area contributed by atoms with Gasteiger partial charge < -0.3 is 4.74 Å². The van der Waals surface area contributed by atoms with E-state index in [1.807, 2.05) is 10.8 Å². The lowest BCUT2D eigenvalue weighted by atomic mass is 10.2. The minimum absolute atomic E-state index is 0.187. The van der Waals surface area contributed by atoms with E-state index in [-0.39, 0.29) is 5.97 Å². The van der Waals surface area contributed by atoms with Crippen molar-refractivity contribution >= 4 is 27.6 Å². The maximum Gasteiger partial charge on any atom is 0.302 e. The molecule has 78 valence electrons. The third kappa shape index (κ3) is 12.2. The second-order valence-corrected chi connectivity index (χ2v) is 5.87.